The van der Waals surface area contributed by atoms with Crippen LogP contribution in [0.1, 0.15) is 23.6 Å². The fourth-order valence-electron chi connectivity index (χ4n) is 4.11. The molecule has 1 aliphatic rings. The molecule has 1 atom stereocenters. The van der Waals surface area contributed by atoms with Crippen LogP contribution in [0.2, 0.25) is 5.02 Å². The van der Waals surface area contributed by atoms with E-state index in [4.69, 9.17) is 11.6 Å². The van der Waals surface area contributed by atoms with E-state index in [1.54, 1.807) is 36.4 Å². The molecule has 0 bridgehead atoms. The number of amides is 5. The number of halogens is 4. The monoisotopic (exact) mass is 633 g/mol. The average Bonchev–Trinajstić information content (AvgIpc) is 3.26. The Kier molecular flexibility index (Phi) is 9.87. The minimum atomic E-state index is -4.80. The van der Waals surface area contributed by atoms with Crippen molar-refractivity contribution in [2.45, 2.75) is 39.6 Å². The van der Waals surface area contributed by atoms with Gasteiger partial charge < -0.3 is 20.7 Å². The zero-order chi connectivity index (χ0) is 31.3. The van der Waals surface area contributed by atoms with Crippen LogP contribution in [0.3, 0.4) is 0 Å². The fourth-order valence-corrected chi connectivity index (χ4v) is 5.27. The molecule has 4 rings (SSSR count). The molecule has 14 heteroatoms. The van der Waals surface area contributed by atoms with Gasteiger partial charge in [-0.15, -0.1) is 13.2 Å². The predicted octanol–water partition coefficient (Wildman–Crippen LogP) is 7.28. The SMILES string of the molecule is Cc1cc(Cl)c(N2C(=O)CSC2=NC(=O)NC(C)Cc2ccc(NC(=O)Nc3ccc(OC(F)(F)F)cc3)cc2)cc1C. The standard InChI is InChI=1S/C29H27ClF3N5O4S/c1-16-12-23(30)24(13-17(16)2)38-25(39)15-43-28(38)37-26(40)34-18(3)14-19-4-6-20(7-5-19)35-27(41)36-21-8-10-22(11-9-21)42-29(31,32)33/h4-13,18H,14-15H2,1-3H3,(H,34,40)(H2,35,36,41). The molecule has 0 aliphatic carbocycles. The van der Waals surface area contributed by atoms with Crippen LogP contribution in [0.4, 0.5) is 39.8 Å². The molecule has 0 radical (unpaired) electrons. The number of hydrogen-bond donors (Lipinski definition) is 3. The van der Waals surface area contributed by atoms with Gasteiger partial charge in [0.05, 0.1) is 16.5 Å². The maximum atomic E-state index is 12.7. The highest BCUT2D eigenvalue weighted by Crippen LogP contribution is 2.34. The van der Waals surface area contributed by atoms with Gasteiger partial charge in [-0.05, 0) is 92.4 Å². The van der Waals surface area contributed by atoms with Gasteiger partial charge >= 0.3 is 18.4 Å². The van der Waals surface area contributed by atoms with E-state index in [2.05, 4.69) is 25.7 Å². The van der Waals surface area contributed by atoms with E-state index in [-0.39, 0.29) is 28.6 Å². The molecule has 1 unspecified atom stereocenters. The van der Waals surface area contributed by atoms with Gasteiger partial charge in [-0.3, -0.25) is 9.69 Å². The second kappa shape index (κ2) is 13.4. The molecule has 3 N–H and O–H groups in total. The Labute approximate surface area is 254 Å². The number of benzene rings is 3. The second-order valence-corrected chi connectivity index (χ2v) is 11.1. The number of thioether (sulfide) groups is 1. The van der Waals surface area contributed by atoms with E-state index < -0.39 is 24.2 Å². The van der Waals surface area contributed by atoms with E-state index in [0.717, 1.165) is 40.6 Å². The molecule has 1 saturated heterocycles. The highest BCUT2D eigenvalue weighted by molar-refractivity contribution is 8.15. The van der Waals surface area contributed by atoms with E-state index in [1.165, 1.54) is 17.0 Å². The van der Waals surface area contributed by atoms with Gasteiger partial charge in [-0.1, -0.05) is 35.5 Å². The lowest BCUT2D eigenvalue weighted by Crippen LogP contribution is -2.35. The smallest absolute Gasteiger partial charge is 0.406 e. The van der Waals surface area contributed by atoms with Crippen LogP contribution in [0.25, 0.3) is 0 Å². The van der Waals surface area contributed by atoms with E-state index in [9.17, 15) is 27.6 Å². The molecule has 0 saturated carbocycles. The van der Waals surface area contributed by atoms with Gasteiger partial charge in [0.1, 0.15) is 5.75 Å². The van der Waals surface area contributed by atoms with Crippen LogP contribution in [0.15, 0.2) is 65.7 Å². The predicted molar refractivity (Wildman–Crippen MR) is 162 cm³/mol. The minimum absolute atomic E-state index is 0.145. The summed E-state index contributed by atoms with van der Waals surface area (Å²) in [4.78, 5) is 43.1. The largest absolute Gasteiger partial charge is 0.573 e. The number of hydrogen-bond acceptors (Lipinski definition) is 5. The third kappa shape index (κ3) is 8.88. The zero-order valence-electron chi connectivity index (χ0n) is 23.2. The van der Waals surface area contributed by atoms with Crippen molar-refractivity contribution in [1.82, 2.24) is 5.32 Å². The Morgan fingerprint density at radius 1 is 1.02 bits per heavy atom. The van der Waals surface area contributed by atoms with E-state index >= 15 is 0 Å². The van der Waals surface area contributed by atoms with Crippen molar-refractivity contribution in [2.75, 3.05) is 21.3 Å². The van der Waals surface area contributed by atoms with Crippen molar-refractivity contribution in [2.24, 2.45) is 4.99 Å². The number of nitrogens with zero attached hydrogens (tertiary/aromatic N) is 2. The number of anilines is 3. The molecule has 1 aliphatic heterocycles. The Balaban J connectivity index is 1.29. The number of urea groups is 2. The topological polar surface area (TPSA) is 112 Å². The summed E-state index contributed by atoms with van der Waals surface area (Å²) in [6.07, 6.45) is -4.33. The Hall–Kier alpha value is -4.23. The molecular formula is C29H27ClF3N5O4S. The summed E-state index contributed by atoms with van der Waals surface area (Å²) in [6, 6.07) is 13.7. The Morgan fingerprint density at radius 2 is 1.60 bits per heavy atom. The van der Waals surface area contributed by atoms with Crippen LogP contribution in [-0.4, -0.2) is 41.3 Å². The van der Waals surface area contributed by atoms with Crippen molar-refractivity contribution in [3.05, 3.63) is 82.4 Å². The summed E-state index contributed by atoms with van der Waals surface area (Å²) in [5.74, 6) is -0.471. The summed E-state index contributed by atoms with van der Waals surface area (Å²) in [5.41, 5.74) is 4.05. The van der Waals surface area contributed by atoms with Gasteiger partial charge in [0, 0.05) is 17.4 Å². The molecule has 43 heavy (non-hydrogen) atoms. The fraction of sp³-hybridized carbons (Fsp3) is 0.241. The highest BCUT2D eigenvalue weighted by atomic mass is 35.5. The first-order valence-electron chi connectivity index (χ1n) is 12.9. The van der Waals surface area contributed by atoms with Crippen molar-refractivity contribution >= 4 is 63.6 Å². The first kappa shape index (κ1) is 31.7. The lowest BCUT2D eigenvalue weighted by molar-refractivity contribution is -0.274. The average molecular weight is 634 g/mol. The van der Waals surface area contributed by atoms with Crippen molar-refractivity contribution < 1.29 is 32.3 Å². The summed E-state index contributed by atoms with van der Waals surface area (Å²) in [7, 11) is 0. The number of ether oxygens (including phenoxy) is 1. The highest BCUT2D eigenvalue weighted by Gasteiger charge is 2.32. The van der Waals surface area contributed by atoms with E-state index in [0.29, 0.717) is 22.8 Å². The van der Waals surface area contributed by atoms with Crippen LogP contribution in [0.5, 0.6) is 5.75 Å². The molecule has 226 valence electrons. The maximum Gasteiger partial charge on any atom is 0.573 e. The molecular weight excluding hydrogens is 607 g/mol. The molecule has 3 aromatic rings. The van der Waals surface area contributed by atoms with Crippen molar-refractivity contribution in [3.8, 4) is 5.75 Å². The van der Waals surface area contributed by atoms with Crippen molar-refractivity contribution in [1.29, 1.82) is 0 Å². The van der Waals surface area contributed by atoms with Gasteiger partial charge in [0.2, 0.25) is 5.91 Å². The lowest BCUT2D eigenvalue weighted by Gasteiger charge is -2.19. The van der Waals surface area contributed by atoms with Crippen molar-refractivity contribution in [3.63, 3.8) is 0 Å². The van der Waals surface area contributed by atoms with Gasteiger partial charge in [-0.2, -0.15) is 4.99 Å². The summed E-state index contributed by atoms with van der Waals surface area (Å²) in [6.45, 7) is 5.64. The lowest BCUT2D eigenvalue weighted by atomic mass is 10.1. The number of amidine groups is 1. The Morgan fingerprint density at radius 3 is 2.21 bits per heavy atom. The number of rotatable bonds is 7. The van der Waals surface area contributed by atoms with Gasteiger partial charge in [0.25, 0.3) is 0 Å². The van der Waals surface area contributed by atoms with Crippen LogP contribution in [-0.2, 0) is 11.2 Å². The number of aliphatic imine (C=N–C) groups is 1. The molecule has 0 aromatic heterocycles. The molecule has 0 spiro atoms. The normalized spacial score (nSPS) is 14.9. The third-order valence-corrected chi connectivity index (χ3v) is 7.46. The quantitative estimate of drug-likeness (QED) is 0.253. The number of carbonyl (C=O) groups is 3. The number of carbonyl (C=O) groups excluding carboxylic acids is 3. The Bertz CT molecular complexity index is 1550. The van der Waals surface area contributed by atoms with E-state index in [1.807, 2.05) is 20.8 Å². The molecule has 9 nitrogen and oxygen atoms in total. The first-order chi connectivity index (χ1) is 20.3. The van der Waals surface area contributed by atoms with Crippen LogP contribution in [0, 0.1) is 13.8 Å². The number of aryl methyl sites for hydroxylation is 2. The minimum Gasteiger partial charge on any atom is -0.406 e. The summed E-state index contributed by atoms with van der Waals surface area (Å²) in [5, 5.41) is 8.61. The molecule has 3 aromatic carbocycles. The van der Waals surface area contributed by atoms with Gasteiger partial charge in [-0.25, -0.2) is 9.59 Å². The molecule has 1 fully saturated rings. The summed E-state index contributed by atoms with van der Waals surface area (Å²) < 4.78 is 40.7. The summed E-state index contributed by atoms with van der Waals surface area (Å²) >= 11 is 7.56. The number of nitrogens with one attached hydrogen (secondary N) is 3. The van der Waals surface area contributed by atoms with Crippen LogP contribution < -0.4 is 25.6 Å². The van der Waals surface area contributed by atoms with Gasteiger partial charge in [0.15, 0.2) is 5.17 Å². The third-order valence-electron chi connectivity index (χ3n) is 6.24. The molecule has 5 amide bonds. The molecule has 1 heterocycles. The first-order valence-corrected chi connectivity index (χ1v) is 14.3. The zero-order valence-corrected chi connectivity index (χ0v) is 24.8. The maximum absolute atomic E-state index is 12.7. The van der Waals surface area contributed by atoms with Crippen LogP contribution >= 0.6 is 23.4 Å². The number of alkyl halides is 3. The second-order valence-electron chi connectivity index (χ2n) is 9.70.